The summed E-state index contributed by atoms with van der Waals surface area (Å²) in [6.07, 6.45) is 4.01. The maximum atomic E-state index is 13.5. The minimum absolute atomic E-state index is 0.0103. The first-order valence-electron chi connectivity index (χ1n) is 12.6. The van der Waals surface area contributed by atoms with Crippen LogP contribution in [-0.2, 0) is 4.79 Å². The first kappa shape index (κ1) is 24.9. The molecule has 192 valence electrons. The first-order valence-corrected chi connectivity index (χ1v) is 12.6. The fraction of sp³-hybridized carbons (Fsp3) is 0.345. The summed E-state index contributed by atoms with van der Waals surface area (Å²) >= 11 is 0. The lowest BCUT2D eigenvalue weighted by atomic mass is 9.89. The first-order chi connectivity index (χ1) is 17.8. The fourth-order valence-corrected chi connectivity index (χ4v) is 5.05. The molecule has 0 bridgehead atoms. The molecule has 1 saturated heterocycles. The molecular formula is C29H30F2N4O2. The SMILES string of the molecule is CN(C)c1ccc(C(=O)N2CCC(c3ccc(NC(=O)C4CC4c4ccc(F)c(F)c4)cc3)CC2)cn1. The lowest BCUT2D eigenvalue weighted by molar-refractivity contribution is -0.117. The van der Waals surface area contributed by atoms with Crippen LogP contribution in [0.2, 0.25) is 0 Å². The predicted molar refractivity (Wildman–Crippen MR) is 139 cm³/mol. The number of amides is 2. The molecule has 1 aromatic heterocycles. The van der Waals surface area contributed by atoms with E-state index in [4.69, 9.17) is 0 Å². The van der Waals surface area contributed by atoms with Crippen LogP contribution in [0.5, 0.6) is 0 Å². The van der Waals surface area contributed by atoms with Crippen LogP contribution < -0.4 is 10.2 Å². The molecule has 37 heavy (non-hydrogen) atoms. The van der Waals surface area contributed by atoms with Crippen LogP contribution in [0, 0.1) is 17.6 Å². The number of aromatic nitrogens is 1. The Balaban J connectivity index is 1.12. The molecule has 1 aliphatic heterocycles. The van der Waals surface area contributed by atoms with Crippen molar-refractivity contribution >= 4 is 23.3 Å². The van der Waals surface area contributed by atoms with Gasteiger partial charge in [0.1, 0.15) is 5.82 Å². The summed E-state index contributed by atoms with van der Waals surface area (Å²) in [7, 11) is 3.83. The number of pyridine rings is 1. The molecule has 1 aliphatic carbocycles. The second-order valence-electron chi connectivity index (χ2n) is 10.1. The highest BCUT2D eigenvalue weighted by molar-refractivity contribution is 5.95. The van der Waals surface area contributed by atoms with Gasteiger partial charge in [0.25, 0.3) is 5.91 Å². The van der Waals surface area contributed by atoms with Crippen molar-refractivity contribution in [2.24, 2.45) is 5.92 Å². The molecule has 2 fully saturated rings. The Morgan fingerprint density at radius 3 is 2.27 bits per heavy atom. The molecule has 1 N–H and O–H groups in total. The van der Waals surface area contributed by atoms with Gasteiger partial charge in [-0.3, -0.25) is 9.59 Å². The van der Waals surface area contributed by atoms with E-state index in [2.05, 4.69) is 10.3 Å². The van der Waals surface area contributed by atoms with Gasteiger partial charge in [0.05, 0.1) is 5.56 Å². The van der Waals surface area contributed by atoms with Crippen molar-refractivity contribution in [1.29, 1.82) is 0 Å². The third kappa shape index (κ3) is 5.48. The average Bonchev–Trinajstić information content (AvgIpc) is 3.72. The lowest BCUT2D eigenvalue weighted by Crippen LogP contribution is -2.38. The van der Waals surface area contributed by atoms with Gasteiger partial charge in [-0.1, -0.05) is 18.2 Å². The summed E-state index contributed by atoms with van der Waals surface area (Å²) < 4.78 is 26.7. The van der Waals surface area contributed by atoms with E-state index in [9.17, 15) is 18.4 Å². The maximum absolute atomic E-state index is 13.5. The lowest BCUT2D eigenvalue weighted by Gasteiger charge is -2.32. The highest BCUT2D eigenvalue weighted by Gasteiger charge is 2.44. The summed E-state index contributed by atoms with van der Waals surface area (Å²) in [4.78, 5) is 33.6. The molecule has 2 unspecified atom stereocenters. The molecule has 1 saturated carbocycles. The van der Waals surface area contributed by atoms with Crippen LogP contribution in [0.25, 0.3) is 0 Å². The van der Waals surface area contributed by atoms with Crippen LogP contribution in [0.15, 0.2) is 60.8 Å². The fourth-order valence-electron chi connectivity index (χ4n) is 5.05. The molecule has 6 nitrogen and oxygen atoms in total. The van der Waals surface area contributed by atoms with Crippen molar-refractivity contribution in [3.05, 3.63) is 89.1 Å². The highest BCUT2D eigenvalue weighted by Crippen LogP contribution is 2.48. The largest absolute Gasteiger partial charge is 0.363 e. The average molecular weight is 505 g/mol. The molecule has 0 radical (unpaired) electrons. The molecule has 8 heteroatoms. The van der Waals surface area contributed by atoms with Gasteiger partial charge >= 0.3 is 0 Å². The summed E-state index contributed by atoms with van der Waals surface area (Å²) in [5.74, 6) is -1.01. The number of carbonyl (C=O) groups is 2. The van der Waals surface area contributed by atoms with Crippen molar-refractivity contribution in [1.82, 2.24) is 9.88 Å². The number of rotatable bonds is 6. The van der Waals surface area contributed by atoms with E-state index in [0.717, 1.165) is 24.7 Å². The standard InChI is InChI=1S/C29H30F2N4O2/c1-34(2)27-10-6-21(17-32-27)29(37)35-13-11-19(12-14-35)18-3-7-22(8-4-18)33-28(36)24-16-23(24)20-5-9-25(30)26(31)15-20/h3-10,15,17,19,23-24H,11-14,16H2,1-2H3,(H,33,36). The van der Waals surface area contributed by atoms with Gasteiger partial charge in [-0.15, -0.1) is 0 Å². The van der Waals surface area contributed by atoms with Gasteiger partial charge in [-0.25, -0.2) is 13.8 Å². The second-order valence-corrected chi connectivity index (χ2v) is 10.1. The Morgan fingerprint density at radius 1 is 0.946 bits per heavy atom. The molecule has 2 aliphatic rings. The van der Waals surface area contributed by atoms with Gasteiger partial charge in [0, 0.05) is 45.0 Å². The van der Waals surface area contributed by atoms with Gasteiger partial charge < -0.3 is 15.1 Å². The zero-order valence-corrected chi connectivity index (χ0v) is 21.0. The minimum Gasteiger partial charge on any atom is -0.363 e. The third-order valence-corrected chi connectivity index (χ3v) is 7.38. The number of piperidine rings is 1. The van der Waals surface area contributed by atoms with Crippen molar-refractivity contribution < 1.29 is 18.4 Å². The minimum atomic E-state index is -0.884. The third-order valence-electron chi connectivity index (χ3n) is 7.38. The van der Waals surface area contributed by atoms with Crippen LogP contribution in [0.3, 0.4) is 0 Å². The number of anilines is 2. The van der Waals surface area contributed by atoms with Crippen LogP contribution in [0.4, 0.5) is 20.3 Å². The van der Waals surface area contributed by atoms with Crippen LogP contribution >= 0.6 is 0 Å². The Hall–Kier alpha value is -3.81. The van der Waals surface area contributed by atoms with Crippen molar-refractivity contribution in [2.45, 2.75) is 31.1 Å². The molecule has 3 aromatic rings. The number of halogens is 2. The van der Waals surface area contributed by atoms with E-state index in [1.54, 1.807) is 12.3 Å². The van der Waals surface area contributed by atoms with Crippen LogP contribution in [0.1, 0.15) is 52.6 Å². The maximum Gasteiger partial charge on any atom is 0.255 e. The molecule has 2 atom stereocenters. The molecule has 2 amide bonds. The zero-order chi connectivity index (χ0) is 26.1. The predicted octanol–water partition coefficient (Wildman–Crippen LogP) is 5.19. The number of hydrogen-bond acceptors (Lipinski definition) is 4. The van der Waals surface area contributed by atoms with Gasteiger partial charge in [0.2, 0.25) is 5.91 Å². The van der Waals surface area contributed by atoms with E-state index >= 15 is 0 Å². The topological polar surface area (TPSA) is 65.5 Å². The van der Waals surface area contributed by atoms with E-state index in [1.165, 1.54) is 11.6 Å². The van der Waals surface area contributed by atoms with E-state index < -0.39 is 11.6 Å². The van der Waals surface area contributed by atoms with Crippen molar-refractivity contribution in [3.63, 3.8) is 0 Å². The smallest absolute Gasteiger partial charge is 0.255 e. The Kier molecular flexibility index (Phi) is 6.91. The van der Waals surface area contributed by atoms with E-state index in [-0.39, 0.29) is 23.7 Å². The van der Waals surface area contributed by atoms with Gasteiger partial charge in [-0.2, -0.15) is 0 Å². The van der Waals surface area contributed by atoms with Crippen molar-refractivity contribution in [3.8, 4) is 0 Å². The Labute approximate surface area is 215 Å². The Bertz CT molecular complexity index is 1290. The number of hydrogen-bond donors (Lipinski definition) is 1. The number of benzene rings is 2. The highest BCUT2D eigenvalue weighted by atomic mass is 19.2. The zero-order valence-electron chi connectivity index (χ0n) is 21.0. The van der Waals surface area contributed by atoms with Crippen LogP contribution in [-0.4, -0.2) is 48.9 Å². The monoisotopic (exact) mass is 504 g/mol. The number of nitrogens with zero attached hydrogens (tertiary/aromatic N) is 3. The van der Waals surface area contributed by atoms with Gasteiger partial charge in [0.15, 0.2) is 11.6 Å². The summed E-state index contributed by atoms with van der Waals surface area (Å²) in [5, 5.41) is 2.94. The summed E-state index contributed by atoms with van der Waals surface area (Å²) in [6, 6.07) is 15.4. The Morgan fingerprint density at radius 2 is 1.65 bits per heavy atom. The molecule has 2 heterocycles. The quantitative estimate of drug-likeness (QED) is 0.502. The second kappa shape index (κ2) is 10.3. The number of nitrogens with one attached hydrogen (secondary N) is 1. The number of carbonyl (C=O) groups excluding carboxylic acids is 2. The van der Waals surface area contributed by atoms with Gasteiger partial charge in [-0.05, 0) is 78.6 Å². The van der Waals surface area contributed by atoms with E-state index in [1.807, 2.05) is 60.3 Å². The normalized spacial score (nSPS) is 19.4. The summed E-state index contributed by atoms with van der Waals surface area (Å²) in [6.45, 7) is 1.37. The molecular weight excluding hydrogens is 474 g/mol. The van der Waals surface area contributed by atoms with Crippen molar-refractivity contribution in [2.75, 3.05) is 37.4 Å². The molecule has 0 spiro atoms. The number of likely N-dealkylation sites (tertiary alicyclic amines) is 1. The van der Waals surface area contributed by atoms with E-state index in [0.29, 0.717) is 42.2 Å². The molecule has 5 rings (SSSR count). The summed E-state index contributed by atoms with van der Waals surface area (Å²) in [5.41, 5.74) is 3.16. The molecule has 2 aromatic carbocycles.